The van der Waals surface area contributed by atoms with Gasteiger partial charge < -0.3 is 20.9 Å². The number of nitrogen functional groups attached to an aromatic ring is 1. The number of carbonyl (C=O) groups excluding carboxylic acids is 1. The monoisotopic (exact) mass is 582 g/mol. The van der Waals surface area contributed by atoms with Crippen molar-refractivity contribution in [3.8, 4) is 0 Å². The van der Waals surface area contributed by atoms with Crippen LogP contribution in [0.5, 0.6) is 0 Å². The van der Waals surface area contributed by atoms with E-state index in [0.717, 1.165) is 15.8 Å². The predicted octanol–water partition coefficient (Wildman–Crippen LogP) is 4.42. The van der Waals surface area contributed by atoms with E-state index in [4.69, 9.17) is 10.5 Å². The van der Waals surface area contributed by atoms with Gasteiger partial charge in [0.2, 0.25) is 10.0 Å². The van der Waals surface area contributed by atoms with Crippen LogP contribution in [0.1, 0.15) is 25.0 Å². The lowest BCUT2D eigenvalue weighted by Crippen LogP contribution is -2.51. The van der Waals surface area contributed by atoms with Crippen LogP contribution in [-0.2, 0) is 27.8 Å². The maximum Gasteiger partial charge on any atom is 0.407 e. The molecule has 9 nitrogen and oxygen atoms in total. The first kappa shape index (κ1) is 29.5. The number of anilines is 1. The number of aliphatic hydroxyl groups excluding tert-OH is 1. The van der Waals surface area contributed by atoms with Crippen molar-refractivity contribution in [2.75, 3.05) is 18.8 Å². The second-order valence-electron chi connectivity index (χ2n) is 9.97. The van der Waals surface area contributed by atoms with E-state index >= 15 is 0 Å². The number of sulfonamides is 1. The highest BCUT2D eigenvalue weighted by molar-refractivity contribution is 7.89. The number of benzene rings is 3. The Labute approximate surface area is 238 Å². The first-order chi connectivity index (χ1) is 19.1. The predicted molar refractivity (Wildman–Crippen MR) is 157 cm³/mol. The summed E-state index contributed by atoms with van der Waals surface area (Å²) in [7, 11) is -4.00. The molecule has 0 bridgehead atoms. The van der Waals surface area contributed by atoms with Crippen LogP contribution in [0.25, 0.3) is 10.2 Å². The van der Waals surface area contributed by atoms with E-state index in [0.29, 0.717) is 10.6 Å². The molecule has 3 aromatic carbocycles. The molecule has 11 heteroatoms. The third-order valence-electron chi connectivity index (χ3n) is 6.25. The molecular weight excluding hydrogens is 548 g/mol. The highest BCUT2D eigenvalue weighted by Gasteiger charge is 2.32. The Morgan fingerprint density at radius 1 is 1.02 bits per heavy atom. The van der Waals surface area contributed by atoms with Gasteiger partial charge in [0, 0.05) is 13.1 Å². The molecule has 0 saturated heterocycles. The van der Waals surface area contributed by atoms with Crippen molar-refractivity contribution in [3.63, 3.8) is 0 Å². The number of hydrogen-bond acceptors (Lipinski definition) is 8. The summed E-state index contributed by atoms with van der Waals surface area (Å²) in [5.74, 6) is -0.0167. The molecule has 0 aliphatic rings. The second kappa shape index (κ2) is 13.2. The summed E-state index contributed by atoms with van der Waals surface area (Å²) in [6.07, 6.45) is -1.65. The number of nitrogens with zero attached hydrogens (tertiary/aromatic N) is 2. The van der Waals surface area contributed by atoms with Crippen LogP contribution >= 0.6 is 11.3 Å². The van der Waals surface area contributed by atoms with Crippen molar-refractivity contribution in [1.29, 1.82) is 0 Å². The third kappa shape index (κ3) is 7.79. The second-order valence-corrected chi connectivity index (χ2v) is 13.0. The standard InChI is InChI=1S/C29H34N4O5S2/c1-20(2)17-33(40(36,37)23-13-14-27-25(16-23)31-28(30)39-27)18-26(34)24(15-21-9-5-3-6-10-21)32-29(35)38-19-22-11-7-4-8-12-22/h3-14,16,20,24,26,34H,15,17-19H2,1-2H3,(H2,30,31)(H,32,35). The number of amides is 1. The number of aromatic nitrogens is 1. The lowest BCUT2D eigenvalue weighted by atomic mass is 10.0. The minimum absolute atomic E-state index is 0.0167. The first-order valence-corrected chi connectivity index (χ1v) is 15.2. The van der Waals surface area contributed by atoms with Crippen molar-refractivity contribution in [2.24, 2.45) is 5.92 Å². The van der Waals surface area contributed by atoms with E-state index in [2.05, 4.69) is 10.3 Å². The van der Waals surface area contributed by atoms with Crippen LogP contribution in [0.15, 0.2) is 83.8 Å². The normalized spacial score (nSPS) is 13.4. The number of rotatable bonds is 12. The molecule has 1 amide bonds. The molecule has 212 valence electrons. The maximum atomic E-state index is 13.8. The van der Waals surface area contributed by atoms with Crippen LogP contribution in [0.2, 0.25) is 0 Å². The van der Waals surface area contributed by atoms with Crippen LogP contribution in [0, 0.1) is 5.92 Å². The lowest BCUT2D eigenvalue weighted by Gasteiger charge is -2.30. The molecule has 0 aliphatic carbocycles. The lowest BCUT2D eigenvalue weighted by molar-refractivity contribution is 0.0873. The molecule has 4 aromatic rings. The molecule has 0 fully saturated rings. The fourth-order valence-electron chi connectivity index (χ4n) is 4.32. The Kier molecular flexibility index (Phi) is 9.75. The average molecular weight is 583 g/mol. The summed E-state index contributed by atoms with van der Waals surface area (Å²) >= 11 is 1.28. The average Bonchev–Trinajstić information content (AvgIpc) is 3.31. The van der Waals surface area contributed by atoms with Gasteiger partial charge >= 0.3 is 6.09 Å². The van der Waals surface area contributed by atoms with Crippen LogP contribution in [0.4, 0.5) is 9.93 Å². The minimum atomic E-state index is -4.00. The molecule has 1 aromatic heterocycles. The molecule has 0 saturated carbocycles. The van der Waals surface area contributed by atoms with E-state index in [-0.39, 0.29) is 36.9 Å². The zero-order valence-electron chi connectivity index (χ0n) is 22.4. The summed E-state index contributed by atoms with van der Waals surface area (Å²) in [4.78, 5) is 17.0. The summed E-state index contributed by atoms with van der Waals surface area (Å²) in [6.45, 7) is 3.82. The molecular formula is C29H34N4O5S2. The van der Waals surface area contributed by atoms with E-state index in [1.807, 2.05) is 74.5 Å². The van der Waals surface area contributed by atoms with Gasteiger partial charge in [0.15, 0.2) is 5.13 Å². The number of nitrogens with two attached hydrogens (primary N) is 1. The number of ether oxygens (including phenoxy) is 1. The first-order valence-electron chi connectivity index (χ1n) is 13.0. The van der Waals surface area contributed by atoms with Gasteiger partial charge in [-0.3, -0.25) is 0 Å². The van der Waals surface area contributed by atoms with Crippen LogP contribution in [-0.4, -0.2) is 54.1 Å². The summed E-state index contributed by atoms with van der Waals surface area (Å²) in [6, 6.07) is 22.5. The largest absolute Gasteiger partial charge is 0.445 e. The highest BCUT2D eigenvalue weighted by Crippen LogP contribution is 2.28. The number of carbonyl (C=O) groups is 1. The summed E-state index contributed by atoms with van der Waals surface area (Å²) in [5, 5.41) is 14.5. The van der Waals surface area contributed by atoms with Gasteiger partial charge in [-0.2, -0.15) is 4.31 Å². The molecule has 0 radical (unpaired) electrons. The molecule has 0 aliphatic heterocycles. The zero-order valence-corrected chi connectivity index (χ0v) is 24.1. The van der Waals surface area contributed by atoms with E-state index in [9.17, 15) is 18.3 Å². The van der Waals surface area contributed by atoms with Gasteiger partial charge in [0.25, 0.3) is 0 Å². The number of aliphatic hydroxyl groups is 1. The summed E-state index contributed by atoms with van der Waals surface area (Å²) in [5.41, 5.74) is 8.00. The number of alkyl carbamates (subject to hydrolysis) is 1. The number of fused-ring (bicyclic) bond motifs is 1. The Morgan fingerprint density at radius 3 is 2.33 bits per heavy atom. The molecule has 2 unspecified atom stereocenters. The van der Waals surface area contributed by atoms with Gasteiger partial charge in [0.05, 0.1) is 27.3 Å². The Morgan fingerprint density at radius 2 is 1.68 bits per heavy atom. The minimum Gasteiger partial charge on any atom is -0.445 e. The van der Waals surface area contributed by atoms with Gasteiger partial charge in [-0.05, 0) is 41.7 Å². The quantitative estimate of drug-likeness (QED) is 0.225. The number of hydrogen-bond donors (Lipinski definition) is 3. The fraction of sp³-hybridized carbons (Fsp3) is 0.310. The Balaban J connectivity index is 1.55. The van der Waals surface area contributed by atoms with Gasteiger partial charge in [-0.1, -0.05) is 85.8 Å². The number of nitrogens with one attached hydrogen (secondary N) is 1. The van der Waals surface area contributed by atoms with Gasteiger partial charge in [-0.25, -0.2) is 18.2 Å². The summed E-state index contributed by atoms with van der Waals surface area (Å²) < 4.78 is 35.0. The smallest absolute Gasteiger partial charge is 0.407 e. The Bertz CT molecular complexity index is 1510. The van der Waals surface area contributed by atoms with Gasteiger partial charge in [-0.15, -0.1) is 0 Å². The fourth-order valence-corrected chi connectivity index (χ4v) is 6.67. The molecule has 2 atom stereocenters. The maximum absolute atomic E-state index is 13.8. The van der Waals surface area contributed by atoms with E-state index < -0.39 is 28.3 Å². The Hall–Kier alpha value is -3.51. The molecule has 1 heterocycles. The topological polar surface area (TPSA) is 135 Å². The van der Waals surface area contributed by atoms with Crippen molar-refractivity contribution >= 4 is 42.8 Å². The third-order valence-corrected chi connectivity index (χ3v) is 8.94. The van der Waals surface area contributed by atoms with Crippen LogP contribution in [0.3, 0.4) is 0 Å². The van der Waals surface area contributed by atoms with Crippen molar-refractivity contribution < 1.29 is 23.1 Å². The number of thiazole rings is 1. The molecule has 0 spiro atoms. The van der Waals surface area contributed by atoms with Crippen molar-refractivity contribution in [2.45, 2.75) is 43.9 Å². The SMILES string of the molecule is CC(C)CN(CC(O)C(Cc1ccccc1)NC(=O)OCc1ccccc1)S(=O)(=O)c1ccc2sc(N)nc2c1. The highest BCUT2D eigenvalue weighted by atomic mass is 32.2. The van der Waals surface area contributed by atoms with E-state index in [1.165, 1.54) is 27.8 Å². The molecule has 4 rings (SSSR count). The van der Waals surface area contributed by atoms with Crippen molar-refractivity contribution in [3.05, 3.63) is 90.0 Å². The molecule has 4 N–H and O–H groups in total. The molecule has 40 heavy (non-hydrogen) atoms. The van der Waals surface area contributed by atoms with E-state index in [1.54, 1.807) is 6.07 Å². The van der Waals surface area contributed by atoms with Crippen molar-refractivity contribution in [1.82, 2.24) is 14.6 Å². The van der Waals surface area contributed by atoms with Gasteiger partial charge in [0.1, 0.15) is 6.61 Å². The van der Waals surface area contributed by atoms with Crippen LogP contribution < -0.4 is 11.1 Å². The zero-order chi connectivity index (χ0) is 28.7.